The number of aromatic hydroxyl groups is 1. The number of rotatable bonds is 2. The van der Waals surface area contributed by atoms with Crippen molar-refractivity contribution in [3.05, 3.63) is 32.8 Å². The molecule has 0 aromatic heterocycles. The van der Waals surface area contributed by atoms with Crippen LogP contribution in [0.2, 0.25) is 5.02 Å². The maximum absolute atomic E-state index is 10.9. The van der Waals surface area contributed by atoms with Crippen molar-refractivity contribution in [1.82, 2.24) is 0 Å². The predicted octanol–water partition coefficient (Wildman–Crippen LogP) is 3.42. The van der Waals surface area contributed by atoms with Gasteiger partial charge in [0.2, 0.25) is 0 Å². The molecule has 0 saturated carbocycles. The van der Waals surface area contributed by atoms with Crippen LogP contribution in [0.5, 0.6) is 5.75 Å². The van der Waals surface area contributed by atoms with Crippen molar-refractivity contribution in [3.8, 4) is 5.75 Å². The molecule has 0 heterocycles. The first kappa shape index (κ1) is 17.0. The molecular weight excluding hydrogens is 279 g/mol. The summed E-state index contributed by atoms with van der Waals surface area (Å²) >= 11 is 5.76. The third-order valence-corrected chi connectivity index (χ3v) is 2.89. The quantitative estimate of drug-likeness (QED) is 0.646. The maximum atomic E-state index is 10.9. The van der Waals surface area contributed by atoms with Gasteiger partial charge in [0.05, 0.1) is 15.5 Å². The largest absolute Gasteiger partial charge is 0.506 e. The third kappa shape index (κ3) is 3.25. The van der Waals surface area contributed by atoms with Gasteiger partial charge >= 0.3 is 0 Å². The molecule has 7 heteroatoms. The number of nitrogens with two attached hydrogens (primary N) is 1. The van der Waals surface area contributed by atoms with E-state index in [4.69, 9.17) is 17.3 Å². The smallest absolute Gasteiger partial charge is 0.278 e. The summed E-state index contributed by atoms with van der Waals surface area (Å²) in [7, 11) is 0. The van der Waals surface area contributed by atoms with Gasteiger partial charge in [-0.3, -0.25) is 10.1 Å². The zero-order valence-electron chi connectivity index (χ0n) is 10.3. The Hall–Kier alpha value is -1.04. The van der Waals surface area contributed by atoms with E-state index in [2.05, 4.69) is 0 Å². The fourth-order valence-electron chi connectivity index (χ4n) is 1.47. The first-order valence-electron chi connectivity index (χ1n) is 5.07. The molecule has 102 valence electrons. The van der Waals surface area contributed by atoms with E-state index in [-0.39, 0.29) is 34.4 Å². The summed E-state index contributed by atoms with van der Waals surface area (Å²) in [5, 5.41) is 20.8. The Morgan fingerprint density at radius 1 is 1.44 bits per heavy atom. The maximum Gasteiger partial charge on any atom is 0.278 e. The summed E-state index contributed by atoms with van der Waals surface area (Å²) in [6.07, 6.45) is 0. The Morgan fingerprint density at radius 3 is 2.33 bits per heavy atom. The highest BCUT2D eigenvalue weighted by Gasteiger charge is 2.32. The van der Waals surface area contributed by atoms with Crippen molar-refractivity contribution in [3.63, 3.8) is 0 Å². The van der Waals surface area contributed by atoms with Gasteiger partial charge in [0.1, 0.15) is 5.75 Å². The van der Waals surface area contributed by atoms with Crippen LogP contribution >= 0.6 is 24.0 Å². The zero-order valence-corrected chi connectivity index (χ0v) is 11.9. The van der Waals surface area contributed by atoms with Crippen molar-refractivity contribution in [2.45, 2.75) is 26.8 Å². The minimum absolute atomic E-state index is 0. The van der Waals surface area contributed by atoms with Gasteiger partial charge in [-0.15, -0.1) is 12.4 Å². The second-order valence-electron chi connectivity index (χ2n) is 4.93. The molecule has 1 aromatic rings. The van der Waals surface area contributed by atoms with Crippen LogP contribution < -0.4 is 5.73 Å². The number of halogens is 2. The first-order valence-corrected chi connectivity index (χ1v) is 5.45. The van der Waals surface area contributed by atoms with Gasteiger partial charge in [0, 0.05) is 12.1 Å². The molecule has 18 heavy (non-hydrogen) atoms. The lowest BCUT2D eigenvalue weighted by Gasteiger charge is -2.27. The van der Waals surface area contributed by atoms with Crippen molar-refractivity contribution in [2.75, 3.05) is 0 Å². The normalized spacial score (nSPS) is 12.7. The second-order valence-corrected chi connectivity index (χ2v) is 5.34. The van der Waals surface area contributed by atoms with Crippen LogP contribution in [-0.2, 0) is 0 Å². The van der Waals surface area contributed by atoms with Crippen molar-refractivity contribution >= 4 is 29.7 Å². The van der Waals surface area contributed by atoms with Gasteiger partial charge in [-0.2, -0.15) is 0 Å². The van der Waals surface area contributed by atoms with E-state index in [0.29, 0.717) is 0 Å². The molecule has 0 amide bonds. The molecule has 0 saturated heterocycles. The molecule has 0 fully saturated rings. The topological polar surface area (TPSA) is 89.4 Å². The number of phenolic OH excluding ortho intramolecular Hbond substituents is 1. The van der Waals surface area contributed by atoms with E-state index in [1.807, 2.05) is 20.8 Å². The van der Waals surface area contributed by atoms with Gasteiger partial charge < -0.3 is 10.8 Å². The van der Waals surface area contributed by atoms with Gasteiger partial charge in [0.15, 0.2) is 0 Å². The van der Waals surface area contributed by atoms with E-state index in [9.17, 15) is 15.2 Å². The minimum Gasteiger partial charge on any atom is -0.506 e. The molecule has 5 nitrogen and oxygen atoms in total. The Balaban J connectivity index is 0.00000289. The highest BCUT2D eigenvalue weighted by Crippen LogP contribution is 2.43. The number of benzene rings is 1. The average molecular weight is 295 g/mol. The molecule has 0 unspecified atom stereocenters. The average Bonchev–Trinajstić information content (AvgIpc) is 2.19. The summed E-state index contributed by atoms with van der Waals surface area (Å²) in [5.41, 5.74) is 5.40. The zero-order chi connectivity index (χ0) is 13.4. The van der Waals surface area contributed by atoms with E-state index >= 15 is 0 Å². The lowest BCUT2D eigenvalue weighted by Crippen LogP contribution is -2.27. The molecule has 1 atom stereocenters. The molecule has 1 rings (SSSR count). The van der Waals surface area contributed by atoms with Crippen LogP contribution in [0.1, 0.15) is 32.4 Å². The molecule has 0 spiro atoms. The third-order valence-electron chi connectivity index (χ3n) is 2.59. The number of nitrogens with zero attached hydrogens (tertiary/aromatic N) is 1. The van der Waals surface area contributed by atoms with Gasteiger partial charge in [0.25, 0.3) is 5.69 Å². The minimum atomic E-state index is -0.679. The number of phenols is 1. The highest BCUT2D eigenvalue weighted by molar-refractivity contribution is 6.32. The summed E-state index contributed by atoms with van der Waals surface area (Å²) < 4.78 is 0. The fraction of sp³-hybridized carbons (Fsp3) is 0.455. The summed E-state index contributed by atoms with van der Waals surface area (Å²) in [6.45, 7) is 5.51. The van der Waals surface area contributed by atoms with Crippen LogP contribution in [0.25, 0.3) is 0 Å². The van der Waals surface area contributed by atoms with Crippen molar-refractivity contribution in [2.24, 2.45) is 11.1 Å². The van der Waals surface area contributed by atoms with E-state index in [1.54, 1.807) is 0 Å². The standard InChI is InChI=1S/C11H15ClN2O3.ClH/c1-11(2,3)10(13)8-7(14(16)17)5-4-6(12)9(8)15;/h4-5,10,15H,13H2,1-3H3;1H/t10-;/m1./s1. The highest BCUT2D eigenvalue weighted by atomic mass is 35.5. The van der Waals surface area contributed by atoms with Crippen LogP contribution in [0.4, 0.5) is 5.69 Å². The van der Waals surface area contributed by atoms with Crippen molar-refractivity contribution in [1.29, 1.82) is 0 Å². The summed E-state index contributed by atoms with van der Waals surface area (Å²) in [6, 6.07) is 1.86. The monoisotopic (exact) mass is 294 g/mol. The van der Waals surface area contributed by atoms with Gasteiger partial charge in [-0.25, -0.2) is 0 Å². The van der Waals surface area contributed by atoms with Gasteiger partial charge in [-0.05, 0) is 11.5 Å². The Bertz CT molecular complexity index is 458. The van der Waals surface area contributed by atoms with Crippen LogP contribution in [0.15, 0.2) is 12.1 Å². The van der Waals surface area contributed by atoms with Crippen molar-refractivity contribution < 1.29 is 10.0 Å². The molecule has 0 radical (unpaired) electrons. The summed E-state index contributed by atoms with van der Waals surface area (Å²) in [5.74, 6) is -0.316. The number of hydrogen-bond acceptors (Lipinski definition) is 4. The Morgan fingerprint density at radius 2 is 1.94 bits per heavy atom. The number of hydrogen-bond donors (Lipinski definition) is 2. The molecule has 3 N–H and O–H groups in total. The fourth-order valence-corrected chi connectivity index (χ4v) is 1.63. The SMILES string of the molecule is CC(C)(C)[C@H](N)c1c([N+](=O)[O-])ccc(Cl)c1O.Cl. The molecule has 0 bridgehead atoms. The first-order chi connectivity index (χ1) is 7.66. The Kier molecular flexibility index (Phi) is 5.40. The van der Waals surface area contributed by atoms with Gasteiger partial charge in [-0.1, -0.05) is 32.4 Å². The Labute approximate surface area is 116 Å². The molecule has 1 aromatic carbocycles. The number of nitro benzene ring substituents is 1. The molecule has 0 aliphatic rings. The van der Waals surface area contributed by atoms with E-state index < -0.39 is 16.4 Å². The molecular formula is C11H16Cl2N2O3. The van der Waals surface area contributed by atoms with E-state index in [1.165, 1.54) is 12.1 Å². The number of nitro groups is 1. The lowest BCUT2D eigenvalue weighted by atomic mass is 9.82. The lowest BCUT2D eigenvalue weighted by molar-refractivity contribution is -0.386. The predicted molar refractivity (Wildman–Crippen MR) is 73.4 cm³/mol. The molecule has 0 aliphatic carbocycles. The van der Waals surface area contributed by atoms with Crippen LogP contribution in [-0.4, -0.2) is 10.0 Å². The van der Waals surface area contributed by atoms with E-state index in [0.717, 1.165) is 0 Å². The molecule has 0 aliphatic heterocycles. The second kappa shape index (κ2) is 5.73. The van der Waals surface area contributed by atoms with Crippen LogP contribution in [0.3, 0.4) is 0 Å². The van der Waals surface area contributed by atoms with Crippen LogP contribution in [0, 0.1) is 15.5 Å². The summed E-state index contributed by atoms with van der Waals surface area (Å²) in [4.78, 5) is 10.3.